The van der Waals surface area contributed by atoms with Gasteiger partial charge < -0.3 is 9.80 Å². The second-order valence-corrected chi connectivity index (χ2v) is 9.64. The largest absolute Gasteiger partial charge is 0.368 e. The fraction of sp³-hybridized carbons (Fsp3) is 0.409. The van der Waals surface area contributed by atoms with Crippen molar-refractivity contribution in [2.75, 3.05) is 44.2 Å². The first-order chi connectivity index (χ1) is 14.0. The summed E-state index contributed by atoms with van der Waals surface area (Å²) in [5, 5.41) is 0. The maximum absolute atomic E-state index is 13.2. The lowest BCUT2D eigenvalue weighted by atomic mass is 10.1. The molecule has 2 aromatic carbocycles. The predicted molar refractivity (Wildman–Crippen MR) is 114 cm³/mol. The number of anilines is 1. The minimum absolute atomic E-state index is 0.0892. The molecule has 29 heavy (non-hydrogen) atoms. The molecule has 0 aromatic heterocycles. The Hall–Kier alpha value is -2.38. The van der Waals surface area contributed by atoms with Gasteiger partial charge in [0.15, 0.2) is 0 Å². The average Bonchev–Trinajstić information content (AvgIpc) is 3.30. The van der Waals surface area contributed by atoms with Crippen LogP contribution in [0, 0.1) is 6.92 Å². The summed E-state index contributed by atoms with van der Waals surface area (Å²) in [5.41, 5.74) is 2.45. The van der Waals surface area contributed by atoms with Gasteiger partial charge in [-0.25, -0.2) is 8.42 Å². The zero-order valence-electron chi connectivity index (χ0n) is 16.8. The molecule has 2 aliphatic rings. The molecule has 0 unspecified atom stereocenters. The molecule has 154 valence electrons. The lowest BCUT2D eigenvalue weighted by Gasteiger charge is -2.36. The molecule has 1 amide bonds. The maximum atomic E-state index is 13.2. The third kappa shape index (κ3) is 4.02. The Balaban J connectivity index is 1.50. The van der Waals surface area contributed by atoms with Crippen molar-refractivity contribution in [2.24, 2.45) is 0 Å². The Morgan fingerprint density at radius 1 is 0.862 bits per heavy atom. The average molecular weight is 414 g/mol. The van der Waals surface area contributed by atoms with Crippen LogP contribution in [0.25, 0.3) is 0 Å². The first-order valence-electron chi connectivity index (χ1n) is 10.2. The number of sulfonamides is 1. The third-order valence-electron chi connectivity index (χ3n) is 5.83. The summed E-state index contributed by atoms with van der Waals surface area (Å²) in [7, 11) is -3.53. The number of hydrogen-bond acceptors (Lipinski definition) is 4. The molecular weight excluding hydrogens is 386 g/mol. The summed E-state index contributed by atoms with van der Waals surface area (Å²) in [5.74, 6) is -0.0892. The van der Waals surface area contributed by atoms with Crippen LogP contribution in [0.3, 0.4) is 0 Å². The van der Waals surface area contributed by atoms with E-state index in [1.807, 2.05) is 30.0 Å². The first-order valence-corrected chi connectivity index (χ1v) is 11.6. The first kappa shape index (κ1) is 19.9. The highest BCUT2D eigenvalue weighted by atomic mass is 32.2. The topological polar surface area (TPSA) is 60.9 Å². The van der Waals surface area contributed by atoms with Crippen molar-refractivity contribution in [2.45, 2.75) is 24.7 Å². The van der Waals surface area contributed by atoms with E-state index in [0.29, 0.717) is 31.7 Å². The van der Waals surface area contributed by atoms with Crippen molar-refractivity contribution >= 4 is 21.6 Å². The summed E-state index contributed by atoms with van der Waals surface area (Å²) in [6.45, 7) is 5.75. The number of carbonyl (C=O) groups excluding carboxylic acids is 1. The molecular formula is C22H27N3O3S. The zero-order valence-corrected chi connectivity index (χ0v) is 17.6. The molecule has 2 fully saturated rings. The van der Waals surface area contributed by atoms with Crippen LogP contribution in [-0.2, 0) is 10.0 Å². The smallest absolute Gasteiger partial charge is 0.254 e. The highest BCUT2D eigenvalue weighted by Crippen LogP contribution is 2.24. The van der Waals surface area contributed by atoms with Crippen molar-refractivity contribution in [3.8, 4) is 0 Å². The van der Waals surface area contributed by atoms with E-state index in [0.717, 1.165) is 37.2 Å². The summed E-state index contributed by atoms with van der Waals surface area (Å²) >= 11 is 0. The Morgan fingerprint density at radius 2 is 1.52 bits per heavy atom. The van der Waals surface area contributed by atoms with Crippen LogP contribution in [0.1, 0.15) is 28.8 Å². The van der Waals surface area contributed by atoms with Gasteiger partial charge in [-0.2, -0.15) is 4.31 Å². The van der Waals surface area contributed by atoms with Crippen LogP contribution >= 0.6 is 0 Å². The van der Waals surface area contributed by atoms with Gasteiger partial charge in [0, 0.05) is 50.5 Å². The van der Waals surface area contributed by atoms with Gasteiger partial charge in [-0.3, -0.25) is 4.79 Å². The van der Waals surface area contributed by atoms with Crippen molar-refractivity contribution in [3.05, 3.63) is 59.7 Å². The van der Waals surface area contributed by atoms with Gasteiger partial charge in [-0.15, -0.1) is 0 Å². The fourth-order valence-corrected chi connectivity index (χ4v) is 5.59. The number of rotatable bonds is 4. The second-order valence-electron chi connectivity index (χ2n) is 7.70. The Bertz CT molecular complexity index is 978. The second kappa shape index (κ2) is 8.16. The molecule has 6 nitrogen and oxygen atoms in total. The summed E-state index contributed by atoms with van der Waals surface area (Å²) in [4.78, 5) is 17.5. The molecule has 0 atom stereocenters. The summed E-state index contributed by atoms with van der Waals surface area (Å²) in [6, 6.07) is 15.1. The Morgan fingerprint density at radius 3 is 2.17 bits per heavy atom. The Kier molecular flexibility index (Phi) is 5.61. The van der Waals surface area contributed by atoms with E-state index in [-0.39, 0.29) is 10.8 Å². The predicted octanol–water partition coefficient (Wildman–Crippen LogP) is 2.74. The lowest BCUT2D eigenvalue weighted by molar-refractivity contribution is 0.0746. The van der Waals surface area contributed by atoms with Gasteiger partial charge in [0.25, 0.3) is 5.91 Å². The Labute approximate surface area is 172 Å². The van der Waals surface area contributed by atoms with E-state index >= 15 is 0 Å². The van der Waals surface area contributed by atoms with Crippen LogP contribution < -0.4 is 4.90 Å². The van der Waals surface area contributed by atoms with Gasteiger partial charge in [-0.1, -0.05) is 24.3 Å². The van der Waals surface area contributed by atoms with E-state index in [4.69, 9.17) is 0 Å². The molecule has 2 heterocycles. The molecule has 2 aromatic rings. The normalized spacial score (nSPS) is 18.2. The highest BCUT2D eigenvalue weighted by molar-refractivity contribution is 7.89. The van der Waals surface area contributed by atoms with Gasteiger partial charge in [0.1, 0.15) is 0 Å². The van der Waals surface area contributed by atoms with E-state index in [1.165, 1.54) is 4.31 Å². The molecule has 2 saturated heterocycles. The monoisotopic (exact) mass is 413 g/mol. The number of nitrogens with zero attached hydrogens (tertiary/aromatic N) is 3. The summed E-state index contributed by atoms with van der Waals surface area (Å²) in [6.07, 6.45) is 1.78. The molecule has 4 rings (SSSR count). The van der Waals surface area contributed by atoms with Crippen LogP contribution in [0.2, 0.25) is 0 Å². The minimum Gasteiger partial charge on any atom is -0.368 e. The standard InChI is InChI=1S/C22H27N3O3S/c1-18-9-10-20(29(27,28)25-11-5-6-12-25)17-21(18)22(26)24-15-13-23(14-16-24)19-7-3-2-4-8-19/h2-4,7-10,17H,5-6,11-16H2,1H3. The summed E-state index contributed by atoms with van der Waals surface area (Å²) < 4.78 is 27.3. The SMILES string of the molecule is Cc1ccc(S(=O)(=O)N2CCCC2)cc1C(=O)N1CCN(c2ccccc2)CC1. The van der Waals surface area contributed by atoms with Crippen molar-refractivity contribution in [3.63, 3.8) is 0 Å². The number of para-hydroxylation sites is 1. The van der Waals surface area contributed by atoms with Crippen LogP contribution in [0.15, 0.2) is 53.4 Å². The minimum atomic E-state index is -3.53. The molecule has 0 saturated carbocycles. The van der Waals surface area contributed by atoms with E-state index < -0.39 is 10.0 Å². The van der Waals surface area contributed by atoms with Crippen LogP contribution in [0.5, 0.6) is 0 Å². The number of hydrogen-bond donors (Lipinski definition) is 0. The molecule has 2 aliphatic heterocycles. The maximum Gasteiger partial charge on any atom is 0.254 e. The number of benzene rings is 2. The van der Waals surface area contributed by atoms with Gasteiger partial charge in [0.2, 0.25) is 10.0 Å². The number of carbonyl (C=O) groups is 1. The molecule has 0 N–H and O–H groups in total. The van der Waals surface area contributed by atoms with Crippen molar-refractivity contribution in [1.82, 2.24) is 9.21 Å². The number of aryl methyl sites for hydroxylation is 1. The van der Waals surface area contributed by atoms with Gasteiger partial charge in [-0.05, 0) is 49.6 Å². The number of amides is 1. The molecule has 7 heteroatoms. The number of piperazine rings is 1. The van der Waals surface area contributed by atoms with E-state index in [9.17, 15) is 13.2 Å². The van der Waals surface area contributed by atoms with E-state index in [2.05, 4.69) is 17.0 Å². The van der Waals surface area contributed by atoms with Crippen molar-refractivity contribution < 1.29 is 13.2 Å². The van der Waals surface area contributed by atoms with E-state index in [1.54, 1.807) is 18.2 Å². The molecule has 0 spiro atoms. The zero-order chi connectivity index (χ0) is 20.4. The highest BCUT2D eigenvalue weighted by Gasteiger charge is 2.29. The molecule has 0 aliphatic carbocycles. The quantitative estimate of drug-likeness (QED) is 0.773. The van der Waals surface area contributed by atoms with Crippen LogP contribution in [-0.4, -0.2) is 62.8 Å². The lowest BCUT2D eigenvalue weighted by Crippen LogP contribution is -2.49. The van der Waals surface area contributed by atoms with Gasteiger partial charge in [0.05, 0.1) is 4.90 Å². The third-order valence-corrected chi connectivity index (χ3v) is 7.73. The fourth-order valence-electron chi connectivity index (χ4n) is 4.05. The molecule has 0 bridgehead atoms. The van der Waals surface area contributed by atoms with Crippen molar-refractivity contribution in [1.29, 1.82) is 0 Å². The van der Waals surface area contributed by atoms with Gasteiger partial charge >= 0.3 is 0 Å². The van der Waals surface area contributed by atoms with Crippen LogP contribution in [0.4, 0.5) is 5.69 Å². The molecule has 0 radical (unpaired) electrons.